The van der Waals surface area contributed by atoms with Crippen molar-refractivity contribution in [3.8, 4) is 11.5 Å². The van der Waals surface area contributed by atoms with Crippen LogP contribution in [0.25, 0.3) is 0 Å². The third-order valence-electron chi connectivity index (χ3n) is 4.65. The molecule has 1 aliphatic heterocycles. The van der Waals surface area contributed by atoms with Gasteiger partial charge in [0.05, 0.1) is 13.2 Å². The van der Waals surface area contributed by atoms with E-state index in [1.165, 1.54) is 25.8 Å². The molecule has 5 nitrogen and oxygen atoms in total. The molecule has 5 heteroatoms. The summed E-state index contributed by atoms with van der Waals surface area (Å²) < 4.78 is 11.1. The number of piperidine rings is 1. The highest BCUT2D eigenvalue weighted by Gasteiger charge is 2.17. The molecule has 1 N–H and O–H groups in total. The van der Waals surface area contributed by atoms with Crippen LogP contribution < -0.4 is 14.8 Å². The number of rotatable bonds is 9. The quantitative estimate of drug-likeness (QED) is 0.694. The van der Waals surface area contributed by atoms with Crippen molar-refractivity contribution in [1.29, 1.82) is 0 Å². The van der Waals surface area contributed by atoms with Gasteiger partial charge in [-0.25, -0.2) is 0 Å². The van der Waals surface area contributed by atoms with Crippen LogP contribution in [-0.4, -0.2) is 49.7 Å². The molecule has 0 saturated carbocycles. The molecule has 1 aliphatic rings. The van der Waals surface area contributed by atoms with Crippen LogP contribution in [0.4, 0.5) is 0 Å². The Hall–Kier alpha value is -1.75. The third-order valence-corrected chi connectivity index (χ3v) is 4.65. The minimum atomic E-state index is -0.0595. The molecule has 1 atom stereocenters. The summed E-state index contributed by atoms with van der Waals surface area (Å²) >= 11 is 0. The molecule has 0 radical (unpaired) electrons. The monoisotopic (exact) mass is 348 g/mol. The average molecular weight is 348 g/mol. The summed E-state index contributed by atoms with van der Waals surface area (Å²) in [6.07, 6.45) is 4.90. The number of nitrogens with zero attached hydrogens (tertiary/aromatic N) is 1. The number of carbonyl (C=O) groups is 1. The van der Waals surface area contributed by atoms with Gasteiger partial charge in [-0.05, 0) is 64.8 Å². The highest BCUT2D eigenvalue weighted by atomic mass is 16.5. The summed E-state index contributed by atoms with van der Waals surface area (Å²) in [6.45, 7) is 10.2. The van der Waals surface area contributed by atoms with Crippen molar-refractivity contribution in [2.24, 2.45) is 0 Å². The standard InChI is InChI=1S/C20H32N2O3/c1-4-24-18-11-10-17(15-19(18)25-5-2)20(23)21-12-8-14-22-13-7-6-9-16(22)3/h10-11,15-16H,4-9,12-14H2,1-3H3,(H,21,23). The molecule has 1 amide bonds. The second-order valence-electron chi connectivity index (χ2n) is 6.52. The van der Waals surface area contributed by atoms with E-state index >= 15 is 0 Å². The second-order valence-corrected chi connectivity index (χ2v) is 6.52. The molecule has 0 aromatic heterocycles. The maximum absolute atomic E-state index is 12.4. The molecule has 0 aliphatic carbocycles. The van der Waals surface area contributed by atoms with Gasteiger partial charge in [-0.2, -0.15) is 0 Å². The Labute approximate surface area is 151 Å². The fourth-order valence-electron chi connectivity index (χ4n) is 3.27. The van der Waals surface area contributed by atoms with Crippen molar-refractivity contribution in [2.75, 3.05) is 32.8 Å². The lowest BCUT2D eigenvalue weighted by molar-refractivity contribution is 0.0948. The normalized spacial score (nSPS) is 18.0. The highest BCUT2D eigenvalue weighted by Crippen LogP contribution is 2.28. The zero-order valence-electron chi connectivity index (χ0n) is 15.8. The van der Waals surface area contributed by atoms with E-state index in [0.717, 1.165) is 13.0 Å². The zero-order chi connectivity index (χ0) is 18.1. The summed E-state index contributed by atoms with van der Waals surface area (Å²) in [4.78, 5) is 14.9. The fraction of sp³-hybridized carbons (Fsp3) is 0.650. The van der Waals surface area contributed by atoms with Crippen molar-refractivity contribution in [2.45, 2.75) is 52.5 Å². The molecular weight excluding hydrogens is 316 g/mol. The zero-order valence-corrected chi connectivity index (χ0v) is 15.8. The van der Waals surface area contributed by atoms with Crippen molar-refractivity contribution in [3.63, 3.8) is 0 Å². The van der Waals surface area contributed by atoms with E-state index < -0.39 is 0 Å². The SMILES string of the molecule is CCOc1ccc(C(=O)NCCCN2CCCCC2C)cc1OCC. The lowest BCUT2D eigenvalue weighted by atomic mass is 10.0. The van der Waals surface area contributed by atoms with Crippen LogP contribution in [0, 0.1) is 0 Å². The first-order valence-corrected chi connectivity index (χ1v) is 9.57. The predicted molar refractivity (Wildman–Crippen MR) is 101 cm³/mol. The van der Waals surface area contributed by atoms with Crippen molar-refractivity contribution in [3.05, 3.63) is 23.8 Å². The Morgan fingerprint density at radius 3 is 2.68 bits per heavy atom. The van der Waals surface area contributed by atoms with Crippen molar-refractivity contribution in [1.82, 2.24) is 10.2 Å². The van der Waals surface area contributed by atoms with Gasteiger partial charge in [0.15, 0.2) is 11.5 Å². The van der Waals surface area contributed by atoms with E-state index in [4.69, 9.17) is 9.47 Å². The van der Waals surface area contributed by atoms with E-state index in [2.05, 4.69) is 17.1 Å². The van der Waals surface area contributed by atoms with Crippen LogP contribution in [0.3, 0.4) is 0 Å². The molecule has 2 rings (SSSR count). The topological polar surface area (TPSA) is 50.8 Å². The minimum absolute atomic E-state index is 0.0595. The van der Waals surface area contributed by atoms with Gasteiger partial charge in [-0.15, -0.1) is 0 Å². The summed E-state index contributed by atoms with van der Waals surface area (Å²) in [5, 5.41) is 3.01. The Morgan fingerprint density at radius 1 is 1.20 bits per heavy atom. The number of likely N-dealkylation sites (tertiary alicyclic amines) is 1. The molecule has 1 unspecified atom stereocenters. The Bertz CT molecular complexity index is 548. The average Bonchev–Trinajstić information content (AvgIpc) is 2.62. The molecule has 140 valence electrons. The maximum atomic E-state index is 12.4. The number of nitrogens with one attached hydrogen (secondary N) is 1. The molecular formula is C20H32N2O3. The van der Waals surface area contributed by atoms with Crippen LogP contribution >= 0.6 is 0 Å². The summed E-state index contributed by atoms with van der Waals surface area (Å²) in [7, 11) is 0. The van der Waals surface area contributed by atoms with E-state index in [0.29, 0.717) is 42.9 Å². The van der Waals surface area contributed by atoms with Crippen molar-refractivity contribution >= 4 is 5.91 Å². The van der Waals surface area contributed by atoms with Gasteiger partial charge < -0.3 is 19.7 Å². The smallest absolute Gasteiger partial charge is 0.251 e. The van der Waals surface area contributed by atoms with Crippen molar-refractivity contribution < 1.29 is 14.3 Å². The second kappa shape index (κ2) is 10.3. The lowest BCUT2D eigenvalue weighted by Crippen LogP contribution is -2.39. The number of hydrogen-bond acceptors (Lipinski definition) is 4. The molecule has 0 spiro atoms. The first-order valence-electron chi connectivity index (χ1n) is 9.57. The molecule has 1 fully saturated rings. The number of benzene rings is 1. The summed E-state index contributed by atoms with van der Waals surface area (Å²) in [5.41, 5.74) is 0.609. The van der Waals surface area contributed by atoms with E-state index in [-0.39, 0.29) is 5.91 Å². The summed E-state index contributed by atoms with van der Waals surface area (Å²) in [5.74, 6) is 1.25. The lowest BCUT2D eigenvalue weighted by Gasteiger charge is -2.33. The first kappa shape index (κ1) is 19.6. The largest absolute Gasteiger partial charge is 0.490 e. The number of amides is 1. The fourth-order valence-corrected chi connectivity index (χ4v) is 3.27. The van der Waals surface area contributed by atoms with Gasteiger partial charge in [0.2, 0.25) is 0 Å². The van der Waals surface area contributed by atoms with Gasteiger partial charge in [-0.1, -0.05) is 6.42 Å². The van der Waals surface area contributed by atoms with Crippen LogP contribution in [0.5, 0.6) is 11.5 Å². The molecule has 1 aromatic carbocycles. The number of ether oxygens (including phenoxy) is 2. The highest BCUT2D eigenvalue weighted by molar-refractivity contribution is 5.94. The Balaban J connectivity index is 1.82. The van der Waals surface area contributed by atoms with Crippen LogP contribution in [0.2, 0.25) is 0 Å². The summed E-state index contributed by atoms with van der Waals surface area (Å²) in [6, 6.07) is 6.02. The Morgan fingerprint density at radius 2 is 1.96 bits per heavy atom. The first-order chi connectivity index (χ1) is 12.2. The number of carbonyl (C=O) groups excluding carboxylic acids is 1. The number of hydrogen-bond donors (Lipinski definition) is 1. The molecule has 0 bridgehead atoms. The van der Waals surface area contributed by atoms with E-state index in [9.17, 15) is 4.79 Å². The molecule has 1 aromatic rings. The maximum Gasteiger partial charge on any atom is 0.251 e. The van der Waals surface area contributed by atoms with Gasteiger partial charge in [0.25, 0.3) is 5.91 Å². The molecule has 1 heterocycles. The van der Waals surface area contributed by atoms with Gasteiger partial charge in [-0.3, -0.25) is 4.79 Å². The van der Waals surface area contributed by atoms with Crippen LogP contribution in [0.1, 0.15) is 56.8 Å². The van der Waals surface area contributed by atoms with E-state index in [1.807, 2.05) is 13.8 Å². The van der Waals surface area contributed by atoms with Crippen LogP contribution in [0.15, 0.2) is 18.2 Å². The van der Waals surface area contributed by atoms with E-state index in [1.54, 1.807) is 18.2 Å². The minimum Gasteiger partial charge on any atom is -0.490 e. The Kier molecular flexibility index (Phi) is 8.06. The third kappa shape index (κ3) is 5.92. The molecule has 25 heavy (non-hydrogen) atoms. The van der Waals surface area contributed by atoms with Gasteiger partial charge in [0, 0.05) is 24.7 Å². The van der Waals surface area contributed by atoms with Gasteiger partial charge >= 0.3 is 0 Å². The predicted octanol–water partition coefficient (Wildman–Crippen LogP) is 3.48. The van der Waals surface area contributed by atoms with Gasteiger partial charge in [0.1, 0.15) is 0 Å². The molecule has 1 saturated heterocycles. The van der Waals surface area contributed by atoms with Crippen LogP contribution in [-0.2, 0) is 0 Å².